The largest absolute Gasteiger partial charge is 0.372 e. The fourth-order valence-corrected chi connectivity index (χ4v) is 4.00. The summed E-state index contributed by atoms with van der Waals surface area (Å²) in [6.45, 7) is 8.82. The third-order valence-corrected chi connectivity index (χ3v) is 5.96. The molecular weight excluding hydrogens is 352 g/mol. The molecule has 0 aromatic heterocycles. The molecule has 1 aliphatic heterocycles. The Kier molecular flexibility index (Phi) is 5.71. The minimum absolute atomic E-state index is 1.07. The maximum atomic E-state index is 4.35. The summed E-state index contributed by atoms with van der Waals surface area (Å²) in [4.78, 5) is 4.70. The first kappa shape index (κ1) is 19.3. The van der Waals surface area contributed by atoms with E-state index in [1.807, 2.05) is 0 Å². The lowest BCUT2D eigenvalue weighted by atomic mass is 9.98. The second-order valence-corrected chi connectivity index (χ2v) is 8.01. The lowest BCUT2D eigenvalue weighted by Crippen LogP contribution is -2.29. The zero-order valence-corrected chi connectivity index (χ0v) is 17.6. The smallest absolute Gasteiger partial charge is 0.0408 e. The Balaban J connectivity index is 1.47. The van der Waals surface area contributed by atoms with Crippen LogP contribution in [0, 0.1) is 6.92 Å². The Morgan fingerprint density at radius 1 is 0.724 bits per heavy atom. The Morgan fingerprint density at radius 3 is 1.76 bits per heavy atom. The van der Waals surface area contributed by atoms with Crippen LogP contribution in [-0.4, -0.2) is 20.1 Å². The first-order valence-electron chi connectivity index (χ1n) is 10.6. The zero-order chi connectivity index (χ0) is 20.2. The van der Waals surface area contributed by atoms with E-state index in [9.17, 15) is 0 Å². The number of hydrogen-bond acceptors (Lipinski definition) is 2. The summed E-state index contributed by atoms with van der Waals surface area (Å²) < 4.78 is 0. The van der Waals surface area contributed by atoms with Crippen molar-refractivity contribution in [2.45, 2.75) is 26.2 Å². The van der Waals surface area contributed by atoms with E-state index in [0.29, 0.717) is 0 Å². The van der Waals surface area contributed by atoms with Gasteiger partial charge in [-0.2, -0.15) is 0 Å². The fourth-order valence-electron chi connectivity index (χ4n) is 4.00. The molecular formula is C27H30N2. The van der Waals surface area contributed by atoms with Crippen molar-refractivity contribution in [2.75, 3.05) is 29.9 Å². The lowest BCUT2D eigenvalue weighted by Gasteiger charge is -2.29. The van der Waals surface area contributed by atoms with Gasteiger partial charge in [-0.15, -0.1) is 0 Å². The molecule has 0 unspecified atom stereocenters. The van der Waals surface area contributed by atoms with Gasteiger partial charge in [0.1, 0.15) is 0 Å². The molecule has 0 spiro atoms. The normalized spacial score (nSPS) is 13.9. The lowest BCUT2D eigenvalue weighted by molar-refractivity contribution is 0.578. The summed E-state index contributed by atoms with van der Waals surface area (Å²) in [5.41, 5.74) is 8.39. The van der Waals surface area contributed by atoms with Crippen LogP contribution in [0.25, 0.3) is 5.57 Å². The minimum Gasteiger partial charge on any atom is -0.372 e. The van der Waals surface area contributed by atoms with E-state index < -0.39 is 0 Å². The highest BCUT2D eigenvalue weighted by Crippen LogP contribution is 2.29. The topological polar surface area (TPSA) is 6.48 Å². The van der Waals surface area contributed by atoms with Gasteiger partial charge in [-0.05, 0) is 79.3 Å². The number of nitrogens with zero attached hydrogens (tertiary/aromatic N) is 2. The number of rotatable bonds is 5. The molecule has 2 heteroatoms. The third-order valence-electron chi connectivity index (χ3n) is 5.96. The van der Waals surface area contributed by atoms with Gasteiger partial charge in [0, 0.05) is 37.2 Å². The van der Waals surface area contributed by atoms with Crippen molar-refractivity contribution in [1.29, 1.82) is 0 Å². The first-order valence-corrected chi connectivity index (χ1v) is 10.6. The highest BCUT2D eigenvalue weighted by molar-refractivity contribution is 5.80. The molecule has 3 aromatic carbocycles. The quantitative estimate of drug-likeness (QED) is 0.478. The standard InChI is InChI=1S/C27H30N2/c1-21-7-13-25(14-8-21)28(3)26-15-9-23(10-16-26)22(2)24-11-17-27(18-12-24)29-19-5-4-6-20-29/h7-18H,2,4-6,19-20H2,1,3H3. The van der Waals surface area contributed by atoms with Crippen LogP contribution >= 0.6 is 0 Å². The number of piperidine rings is 1. The monoisotopic (exact) mass is 382 g/mol. The van der Waals surface area contributed by atoms with E-state index >= 15 is 0 Å². The van der Waals surface area contributed by atoms with Crippen LogP contribution in [0.15, 0.2) is 79.4 Å². The maximum absolute atomic E-state index is 4.35. The van der Waals surface area contributed by atoms with Gasteiger partial charge < -0.3 is 9.80 Å². The number of aryl methyl sites for hydroxylation is 1. The third kappa shape index (κ3) is 4.37. The summed E-state index contributed by atoms with van der Waals surface area (Å²) in [5.74, 6) is 0. The molecule has 1 saturated heterocycles. The van der Waals surface area contributed by atoms with Crippen molar-refractivity contribution < 1.29 is 0 Å². The van der Waals surface area contributed by atoms with Gasteiger partial charge in [0.2, 0.25) is 0 Å². The molecule has 0 radical (unpaired) electrons. The van der Waals surface area contributed by atoms with Gasteiger partial charge in [-0.3, -0.25) is 0 Å². The van der Waals surface area contributed by atoms with E-state index in [1.165, 1.54) is 60.5 Å². The van der Waals surface area contributed by atoms with E-state index in [2.05, 4.69) is 103 Å². The molecule has 0 amide bonds. The Bertz CT molecular complexity index is 947. The van der Waals surface area contributed by atoms with Crippen LogP contribution in [0.3, 0.4) is 0 Å². The molecule has 0 bridgehead atoms. The van der Waals surface area contributed by atoms with Crippen LogP contribution in [0.1, 0.15) is 36.0 Å². The molecule has 1 heterocycles. The molecule has 0 saturated carbocycles. The number of anilines is 3. The molecule has 0 atom stereocenters. The van der Waals surface area contributed by atoms with Gasteiger partial charge in [0.05, 0.1) is 0 Å². The molecule has 29 heavy (non-hydrogen) atoms. The predicted molar refractivity (Wildman–Crippen MR) is 126 cm³/mol. The van der Waals surface area contributed by atoms with Gasteiger partial charge in [-0.25, -0.2) is 0 Å². The second kappa shape index (κ2) is 8.57. The van der Waals surface area contributed by atoms with Crippen LogP contribution in [0.5, 0.6) is 0 Å². The minimum atomic E-state index is 1.07. The Hall–Kier alpha value is -3.00. The van der Waals surface area contributed by atoms with Crippen LogP contribution in [0.2, 0.25) is 0 Å². The summed E-state index contributed by atoms with van der Waals surface area (Å²) in [6, 6.07) is 26.2. The van der Waals surface area contributed by atoms with E-state index in [1.54, 1.807) is 0 Å². The molecule has 0 N–H and O–H groups in total. The molecule has 1 aliphatic rings. The van der Waals surface area contributed by atoms with Crippen LogP contribution in [0.4, 0.5) is 17.1 Å². The predicted octanol–water partition coefficient (Wildman–Crippen LogP) is 6.81. The van der Waals surface area contributed by atoms with Gasteiger partial charge >= 0.3 is 0 Å². The molecule has 4 rings (SSSR count). The van der Waals surface area contributed by atoms with E-state index in [4.69, 9.17) is 0 Å². The molecule has 3 aromatic rings. The maximum Gasteiger partial charge on any atom is 0.0408 e. The van der Waals surface area contributed by atoms with Crippen LogP contribution < -0.4 is 9.80 Å². The van der Waals surface area contributed by atoms with Crippen molar-refractivity contribution in [3.8, 4) is 0 Å². The van der Waals surface area contributed by atoms with E-state index in [0.717, 1.165) is 11.1 Å². The van der Waals surface area contributed by atoms with Gasteiger partial charge in [-0.1, -0.05) is 48.5 Å². The van der Waals surface area contributed by atoms with Crippen molar-refractivity contribution >= 4 is 22.6 Å². The SMILES string of the molecule is C=C(c1ccc(N2CCCCC2)cc1)c1ccc(N(C)c2ccc(C)cc2)cc1. The highest BCUT2D eigenvalue weighted by atomic mass is 15.1. The summed E-state index contributed by atoms with van der Waals surface area (Å²) in [6.07, 6.45) is 3.97. The van der Waals surface area contributed by atoms with Crippen LogP contribution in [-0.2, 0) is 0 Å². The molecule has 2 nitrogen and oxygen atoms in total. The zero-order valence-electron chi connectivity index (χ0n) is 17.6. The average Bonchev–Trinajstić information content (AvgIpc) is 2.79. The summed E-state index contributed by atoms with van der Waals surface area (Å²) in [7, 11) is 2.10. The Labute approximate surface area is 175 Å². The van der Waals surface area contributed by atoms with Crippen molar-refractivity contribution in [3.63, 3.8) is 0 Å². The average molecular weight is 383 g/mol. The summed E-state index contributed by atoms with van der Waals surface area (Å²) >= 11 is 0. The second-order valence-electron chi connectivity index (χ2n) is 8.01. The first-order chi connectivity index (χ1) is 14.1. The number of hydrogen-bond donors (Lipinski definition) is 0. The highest BCUT2D eigenvalue weighted by Gasteiger charge is 2.11. The number of benzene rings is 3. The van der Waals surface area contributed by atoms with E-state index in [-0.39, 0.29) is 0 Å². The Morgan fingerprint density at radius 2 is 1.21 bits per heavy atom. The summed E-state index contributed by atoms with van der Waals surface area (Å²) in [5, 5.41) is 0. The molecule has 0 aliphatic carbocycles. The fraction of sp³-hybridized carbons (Fsp3) is 0.259. The van der Waals surface area contributed by atoms with Crippen molar-refractivity contribution in [3.05, 3.63) is 96.1 Å². The van der Waals surface area contributed by atoms with Gasteiger partial charge in [0.15, 0.2) is 0 Å². The molecule has 1 fully saturated rings. The van der Waals surface area contributed by atoms with Crippen molar-refractivity contribution in [1.82, 2.24) is 0 Å². The molecule has 148 valence electrons. The van der Waals surface area contributed by atoms with Gasteiger partial charge in [0.25, 0.3) is 0 Å². The van der Waals surface area contributed by atoms with Crippen molar-refractivity contribution in [2.24, 2.45) is 0 Å².